The summed E-state index contributed by atoms with van der Waals surface area (Å²) < 4.78 is 17.7. The van der Waals surface area contributed by atoms with Crippen molar-refractivity contribution in [2.45, 2.75) is 27.4 Å². The third-order valence-electron chi connectivity index (χ3n) is 5.39. The molecule has 0 atom stereocenters. The van der Waals surface area contributed by atoms with Gasteiger partial charge in [-0.2, -0.15) is 0 Å². The van der Waals surface area contributed by atoms with Gasteiger partial charge in [0.1, 0.15) is 23.6 Å². The number of halogens is 1. The maximum atomic E-state index is 13.5. The van der Waals surface area contributed by atoms with Crippen LogP contribution in [0.25, 0.3) is 11.0 Å². The number of aryl methyl sites for hydroxylation is 2. The molecule has 0 unspecified atom stereocenters. The number of nitrogens with one attached hydrogen (secondary N) is 1. The Bertz CT molecular complexity index is 1530. The van der Waals surface area contributed by atoms with Gasteiger partial charge in [0.15, 0.2) is 5.58 Å². The maximum Gasteiger partial charge on any atom is 0.302 e. The van der Waals surface area contributed by atoms with Crippen molar-refractivity contribution in [3.05, 3.63) is 87.1 Å². The number of anilines is 1. The van der Waals surface area contributed by atoms with Gasteiger partial charge in [0.2, 0.25) is 5.55 Å². The zero-order chi connectivity index (χ0) is 25.8. The Labute approximate surface area is 216 Å². The molecule has 2 aromatic carbocycles. The minimum Gasteiger partial charge on any atom is -0.494 e. The summed E-state index contributed by atoms with van der Waals surface area (Å²) in [5.41, 5.74) is 4.02. The molecule has 0 radical (unpaired) electrons. The van der Waals surface area contributed by atoms with Gasteiger partial charge in [-0.3, -0.25) is 14.6 Å². The predicted octanol–water partition coefficient (Wildman–Crippen LogP) is 5.76. The van der Waals surface area contributed by atoms with Gasteiger partial charge in [0, 0.05) is 34.2 Å². The van der Waals surface area contributed by atoms with E-state index in [1.165, 1.54) is 6.92 Å². The van der Waals surface area contributed by atoms with Crippen molar-refractivity contribution < 1.29 is 23.5 Å². The highest BCUT2D eigenvalue weighted by Crippen LogP contribution is 2.29. The van der Waals surface area contributed by atoms with Crippen molar-refractivity contribution in [3.63, 3.8) is 0 Å². The summed E-state index contributed by atoms with van der Waals surface area (Å²) in [6.07, 6.45) is 1.60. The number of amides is 1. The first-order valence-electron chi connectivity index (χ1n) is 11.1. The summed E-state index contributed by atoms with van der Waals surface area (Å²) in [5, 5.41) is 3.49. The SMILES string of the molecule is COc1ccc(C)cc1N=c1oc2c(C)ncc(COC(C)=O)c2cc1C(=O)Nc1ccc(Br)cc1. The number of ether oxygens (including phenoxy) is 2. The maximum absolute atomic E-state index is 13.5. The average Bonchev–Trinajstić information content (AvgIpc) is 2.85. The first-order chi connectivity index (χ1) is 17.2. The van der Waals surface area contributed by atoms with E-state index < -0.39 is 11.9 Å². The van der Waals surface area contributed by atoms with Crippen LogP contribution in [0, 0.1) is 13.8 Å². The molecule has 9 heteroatoms. The van der Waals surface area contributed by atoms with Crippen molar-refractivity contribution in [3.8, 4) is 5.75 Å². The van der Waals surface area contributed by atoms with E-state index in [2.05, 4.69) is 31.2 Å². The van der Waals surface area contributed by atoms with Crippen LogP contribution in [0.15, 0.2) is 68.6 Å². The van der Waals surface area contributed by atoms with E-state index in [1.807, 2.05) is 31.2 Å². The highest BCUT2D eigenvalue weighted by molar-refractivity contribution is 9.10. The van der Waals surface area contributed by atoms with Crippen LogP contribution in [0.5, 0.6) is 5.75 Å². The number of benzene rings is 2. The molecule has 4 rings (SSSR count). The van der Waals surface area contributed by atoms with Gasteiger partial charge >= 0.3 is 5.97 Å². The Morgan fingerprint density at radius 1 is 1.11 bits per heavy atom. The van der Waals surface area contributed by atoms with E-state index in [-0.39, 0.29) is 17.7 Å². The standard InChI is InChI=1S/C27H24BrN3O5/c1-15-5-10-24(34-4)23(11-15)31-27-22(26(33)30-20-8-6-19(28)7-9-20)12-21-18(14-35-17(3)32)13-29-16(2)25(21)36-27/h5-13H,14H2,1-4H3,(H,30,33). The fourth-order valence-electron chi connectivity index (χ4n) is 3.56. The summed E-state index contributed by atoms with van der Waals surface area (Å²) in [5.74, 6) is -0.304. The molecule has 0 saturated heterocycles. The largest absolute Gasteiger partial charge is 0.494 e. The van der Waals surface area contributed by atoms with Crippen LogP contribution in [0.2, 0.25) is 0 Å². The summed E-state index contributed by atoms with van der Waals surface area (Å²) in [7, 11) is 1.55. The average molecular weight is 550 g/mol. The van der Waals surface area contributed by atoms with Gasteiger partial charge in [-0.15, -0.1) is 0 Å². The molecule has 4 aromatic rings. The van der Waals surface area contributed by atoms with Crippen LogP contribution in [0.4, 0.5) is 11.4 Å². The predicted molar refractivity (Wildman–Crippen MR) is 139 cm³/mol. The molecule has 8 nitrogen and oxygen atoms in total. The van der Waals surface area contributed by atoms with E-state index in [9.17, 15) is 9.59 Å². The number of methoxy groups -OCH3 is 1. The van der Waals surface area contributed by atoms with Crippen LogP contribution in [0.3, 0.4) is 0 Å². The molecule has 0 aliphatic rings. The fourth-order valence-corrected chi connectivity index (χ4v) is 3.82. The van der Waals surface area contributed by atoms with Gasteiger partial charge in [-0.1, -0.05) is 22.0 Å². The molecular weight excluding hydrogens is 526 g/mol. The van der Waals surface area contributed by atoms with E-state index in [0.717, 1.165) is 10.0 Å². The monoisotopic (exact) mass is 549 g/mol. The number of hydrogen-bond acceptors (Lipinski definition) is 7. The summed E-state index contributed by atoms with van der Waals surface area (Å²) >= 11 is 3.40. The molecule has 0 aliphatic carbocycles. The number of carbonyl (C=O) groups excluding carboxylic acids is 2. The Hall–Kier alpha value is -3.98. The lowest BCUT2D eigenvalue weighted by molar-refractivity contribution is -0.142. The highest BCUT2D eigenvalue weighted by atomic mass is 79.9. The quantitative estimate of drug-likeness (QED) is 0.306. The molecule has 0 fully saturated rings. The topological polar surface area (TPSA) is 103 Å². The van der Waals surface area contributed by atoms with Crippen molar-refractivity contribution in [1.82, 2.24) is 4.98 Å². The number of aromatic nitrogens is 1. The molecular formula is C27H24BrN3O5. The number of pyridine rings is 1. The molecule has 36 heavy (non-hydrogen) atoms. The molecule has 1 amide bonds. The molecule has 0 bridgehead atoms. The highest BCUT2D eigenvalue weighted by Gasteiger charge is 2.18. The van der Waals surface area contributed by atoms with Crippen LogP contribution in [0.1, 0.15) is 34.1 Å². The van der Waals surface area contributed by atoms with Gasteiger partial charge in [0.25, 0.3) is 5.91 Å². The normalized spacial score (nSPS) is 11.4. The third-order valence-corrected chi connectivity index (χ3v) is 5.91. The number of esters is 1. The Kier molecular flexibility index (Phi) is 7.49. The number of hydrogen-bond donors (Lipinski definition) is 1. The first-order valence-corrected chi connectivity index (χ1v) is 11.9. The summed E-state index contributed by atoms with van der Waals surface area (Å²) in [4.78, 5) is 33.9. The van der Waals surface area contributed by atoms with E-state index in [1.54, 1.807) is 44.5 Å². The molecule has 0 aliphatic heterocycles. The smallest absolute Gasteiger partial charge is 0.302 e. The molecule has 2 heterocycles. The Morgan fingerprint density at radius 2 is 1.86 bits per heavy atom. The number of fused-ring (bicyclic) bond motifs is 1. The zero-order valence-electron chi connectivity index (χ0n) is 20.2. The molecule has 1 N–H and O–H groups in total. The van der Waals surface area contributed by atoms with E-state index in [4.69, 9.17) is 13.9 Å². The van der Waals surface area contributed by atoms with Crippen molar-refractivity contribution in [1.29, 1.82) is 0 Å². The first kappa shape index (κ1) is 25.1. The van der Waals surface area contributed by atoms with Crippen LogP contribution in [-0.4, -0.2) is 24.0 Å². The number of carbonyl (C=O) groups is 2. The second kappa shape index (κ2) is 10.7. The molecule has 184 valence electrons. The van der Waals surface area contributed by atoms with Gasteiger partial charge < -0.3 is 19.2 Å². The minimum atomic E-state index is -0.424. The number of rotatable bonds is 6. The van der Waals surface area contributed by atoms with Crippen molar-refractivity contribution in [2.24, 2.45) is 4.99 Å². The van der Waals surface area contributed by atoms with Gasteiger partial charge in [-0.05, 0) is 61.9 Å². The molecule has 0 saturated carbocycles. The van der Waals surface area contributed by atoms with E-state index >= 15 is 0 Å². The van der Waals surface area contributed by atoms with Crippen LogP contribution in [-0.2, 0) is 16.1 Å². The van der Waals surface area contributed by atoms with Crippen molar-refractivity contribution in [2.75, 3.05) is 12.4 Å². The van der Waals surface area contributed by atoms with E-state index in [0.29, 0.717) is 39.4 Å². The van der Waals surface area contributed by atoms with Crippen LogP contribution >= 0.6 is 15.9 Å². The second-order valence-electron chi connectivity index (χ2n) is 8.11. The molecule has 2 aromatic heterocycles. The number of nitrogens with zero attached hydrogens (tertiary/aromatic N) is 2. The molecule has 0 spiro atoms. The van der Waals surface area contributed by atoms with Gasteiger partial charge in [0.05, 0.1) is 12.8 Å². The Balaban J connectivity index is 1.94. The lowest BCUT2D eigenvalue weighted by Crippen LogP contribution is -2.22. The zero-order valence-corrected chi connectivity index (χ0v) is 21.8. The van der Waals surface area contributed by atoms with Gasteiger partial charge in [-0.25, -0.2) is 4.99 Å². The summed E-state index contributed by atoms with van der Waals surface area (Å²) in [6.45, 7) is 5.05. The lowest BCUT2D eigenvalue weighted by atomic mass is 10.1. The lowest BCUT2D eigenvalue weighted by Gasteiger charge is -2.11. The third kappa shape index (κ3) is 5.63. The van der Waals surface area contributed by atoms with Crippen LogP contribution < -0.4 is 15.6 Å². The Morgan fingerprint density at radius 3 is 2.56 bits per heavy atom. The fraction of sp³-hybridized carbons (Fsp3) is 0.185. The summed E-state index contributed by atoms with van der Waals surface area (Å²) in [6, 6.07) is 14.5. The second-order valence-corrected chi connectivity index (χ2v) is 9.02. The minimum absolute atomic E-state index is 0.00933. The van der Waals surface area contributed by atoms with Crippen molar-refractivity contribution >= 4 is 50.2 Å².